The third kappa shape index (κ3) is 9.19. The summed E-state index contributed by atoms with van der Waals surface area (Å²) in [6.45, 7) is 8.47. The van der Waals surface area contributed by atoms with Gasteiger partial charge in [-0.2, -0.15) is 0 Å². The molecule has 1 heterocycles. The Morgan fingerprint density at radius 2 is 2.07 bits per heavy atom. The summed E-state index contributed by atoms with van der Waals surface area (Å²) >= 11 is 0. The molecule has 2 atom stereocenters. The van der Waals surface area contributed by atoms with Crippen molar-refractivity contribution in [2.45, 2.75) is 64.2 Å². The summed E-state index contributed by atoms with van der Waals surface area (Å²) in [6, 6.07) is 0.290. The first-order valence-electron chi connectivity index (χ1n) is 10.7. The van der Waals surface area contributed by atoms with Crippen LogP contribution in [-0.2, 0) is 14.2 Å². The van der Waals surface area contributed by atoms with Crippen LogP contribution in [0.2, 0.25) is 0 Å². The molecule has 2 rings (SSSR count). The summed E-state index contributed by atoms with van der Waals surface area (Å²) in [5, 5.41) is 13.6. The second-order valence-corrected chi connectivity index (χ2v) is 8.86. The first-order valence-corrected chi connectivity index (χ1v) is 10.7. The molecule has 166 valence electrons. The second kappa shape index (κ2) is 11.6. The third-order valence-electron chi connectivity index (χ3n) is 5.08. The van der Waals surface area contributed by atoms with Gasteiger partial charge in [-0.3, -0.25) is 0 Å². The molecule has 7 nitrogen and oxygen atoms in total. The molecule has 29 heavy (non-hydrogen) atoms. The Kier molecular flexibility index (Phi) is 9.46. The molecule has 1 fully saturated rings. The second-order valence-electron chi connectivity index (χ2n) is 8.86. The van der Waals surface area contributed by atoms with Gasteiger partial charge in [0.25, 0.3) is 0 Å². The van der Waals surface area contributed by atoms with Crippen molar-refractivity contribution in [3.05, 3.63) is 24.0 Å². The zero-order valence-corrected chi connectivity index (χ0v) is 18.4. The molecule has 2 N–H and O–H groups in total. The van der Waals surface area contributed by atoms with Gasteiger partial charge in [-0.05, 0) is 64.5 Å². The molecule has 0 radical (unpaired) electrons. The van der Waals surface area contributed by atoms with E-state index in [2.05, 4.69) is 17.5 Å². The van der Waals surface area contributed by atoms with Gasteiger partial charge in [-0.15, -0.1) is 0 Å². The number of hydrogen-bond acceptors (Lipinski definition) is 6. The van der Waals surface area contributed by atoms with E-state index < -0.39 is 11.7 Å². The predicted molar refractivity (Wildman–Crippen MR) is 113 cm³/mol. The fourth-order valence-electron chi connectivity index (χ4n) is 3.38. The minimum absolute atomic E-state index is 0.248. The summed E-state index contributed by atoms with van der Waals surface area (Å²) in [7, 11) is 1.72. The van der Waals surface area contributed by atoms with Gasteiger partial charge < -0.3 is 29.5 Å². The van der Waals surface area contributed by atoms with E-state index in [1.807, 2.05) is 26.8 Å². The van der Waals surface area contributed by atoms with E-state index in [-0.39, 0.29) is 12.7 Å². The number of methoxy groups -OCH3 is 1. The Morgan fingerprint density at radius 1 is 1.34 bits per heavy atom. The van der Waals surface area contributed by atoms with Crippen molar-refractivity contribution in [3.63, 3.8) is 0 Å². The highest BCUT2D eigenvalue weighted by atomic mass is 16.6. The van der Waals surface area contributed by atoms with Gasteiger partial charge in [0.2, 0.25) is 0 Å². The largest absolute Gasteiger partial charge is 0.491 e. The molecule has 2 unspecified atom stereocenters. The SMILES string of the molecule is COCCC1C=CC(OCC(O)CNC2CCN(C(=O)OC(C)(C)C)CC2)=CC1. The highest BCUT2D eigenvalue weighted by molar-refractivity contribution is 5.68. The lowest BCUT2D eigenvalue weighted by Crippen LogP contribution is -2.48. The number of nitrogens with zero attached hydrogens (tertiary/aromatic N) is 1. The number of likely N-dealkylation sites (tertiary alicyclic amines) is 1. The monoisotopic (exact) mass is 410 g/mol. The minimum Gasteiger partial charge on any atom is -0.491 e. The Morgan fingerprint density at radius 3 is 2.66 bits per heavy atom. The standard InChI is InChI=1S/C22H38N2O5/c1-22(2,3)29-21(26)24-12-9-18(10-13-24)23-15-19(25)16-28-20-7-5-17(6-8-20)11-14-27-4/h5,7-8,17-19,23,25H,6,9-16H2,1-4H3. The number of ether oxygens (including phenoxy) is 3. The van der Waals surface area contributed by atoms with Gasteiger partial charge in [-0.1, -0.05) is 6.08 Å². The van der Waals surface area contributed by atoms with Crippen molar-refractivity contribution in [1.82, 2.24) is 10.2 Å². The fourth-order valence-corrected chi connectivity index (χ4v) is 3.38. The van der Waals surface area contributed by atoms with Crippen molar-refractivity contribution in [2.24, 2.45) is 5.92 Å². The van der Waals surface area contributed by atoms with Crippen LogP contribution in [0.25, 0.3) is 0 Å². The Balaban J connectivity index is 1.58. The van der Waals surface area contributed by atoms with E-state index >= 15 is 0 Å². The number of aliphatic hydroxyl groups excluding tert-OH is 1. The number of hydrogen-bond donors (Lipinski definition) is 2. The Labute approximate surface area is 175 Å². The number of piperidine rings is 1. The highest BCUT2D eigenvalue weighted by Crippen LogP contribution is 2.20. The maximum absolute atomic E-state index is 12.1. The van der Waals surface area contributed by atoms with E-state index in [1.165, 1.54) is 0 Å². The van der Waals surface area contributed by atoms with Gasteiger partial charge >= 0.3 is 6.09 Å². The van der Waals surface area contributed by atoms with Crippen LogP contribution in [-0.4, -0.2) is 73.8 Å². The predicted octanol–water partition coefficient (Wildman–Crippen LogP) is 2.85. The molecule has 1 saturated heterocycles. The fraction of sp³-hybridized carbons (Fsp3) is 0.773. The van der Waals surface area contributed by atoms with Crippen molar-refractivity contribution in [3.8, 4) is 0 Å². The third-order valence-corrected chi connectivity index (χ3v) is 5.08. The van der Waals surface area contributed by atoms with Crippen LogP contribution in [0.15, 0.2) is 24.0 Å². The lowest BCUT2D eigenvalue weighted by atomic mass is 9.97. The normalized spacial score (nSPS) is 21.6. The minimum atomic E-state index is -0.570. The number of aliphatic hydroxyl groups is 1. The molecule has 0 aromatic heterocycles. The maximum Gasteiger partial charge on any atom is 0.410 e. The quantitative estimate of drug-likeness (QED) is 0.608. The smallest absolute Gasteiger partial charge is 0.410 e. The average Bonchev–Trinajstić information content (AvgIpc) is 2.69. The van der Waals surface area contributed by atoms with Gasteiger partial charge in [0.05, 0.1) is 0 Å². The molecule has 0 aromatic rings. The van der Waals surface area contributed by atoms with Gasteiger partial charge in [0.1, 0.15) is 24.1 Å². The summed E-state index contributed by atoms with van der Waals surface area (Å²) in [5.74, 6) is 1.32. The van der Waals surface area contributed by atoms with Crippen molar-refractivity contribution in [1.29, 1.82) is 0 Å². The van der Waals surface area contributed by atoms with Crippen LogP contribution in [0, 0.1) is 5.92 Å². The van der Waals surface area contributed by atoms with Gasteiger partial charge in [-0.25, -0.2) is 4.79 Å². The van der Waals surface area contributed by atoms with Crippen molar-refractivity contribution < 1.29 is 24.1 Å². The molecular weight excluding hydrogens is 372 g/mol. The molecule has 1 aliphatic heterocycles. The zero-order valence-electron chi connectivity index (χ0n) is 18.4. The van der Waals surface area contributed by atoms with Crippen LogP contribution >= 0.6 is 0 Å². The topological polar surface area (TPSA) is 80.3 Å². The van der Waals surface area contributed by atoms with E-state index in [1.54, 1.807) is 12.0 Å². The van der Waals surface area contributed by atoms with Crippen LogP contribution < -0.4 is 5.32 Å². The Bertz CT molecular complexity index is 562. The van der Waals surface area contributed by atoms with Gasteiger partial charge in [0.15, 0.2) is 0 Å². The lowest BCUT2D eigenvalue weighted by molar-refractivity contribution is 0.0189. The van der Waals surface area contributed by atoms with Crippen LogP contribution in [0.1, 0.15) is 46.5 Å². The molecule has 0 saturated carbocycles. The summed E-state index contributed by atoms with van der Waals surface area (Å²) < 4.78 is 16.2. The van der Waals surface area contributed by atoms with E-state index in [0.29, 0.717) is 31.6 Å². The molecule has 0 bridgehead atoms. The first kappa shape index (κ1) is 23.7. The van der Waals surface area contributed by atoms with Crippen molar-refractivity contribution >= 4 is 6.09 Å². The molecule has 0 spiro atoms. The Hall–Kier alpha value is -1.57. The van der Waals surface area contributed by atoms with E-state index in [4.69, 9.17) is 14.2 Å². The van der Waals surface area contributed by atoms with Crippen LogP contribution in [0.4, 0.5) is 4.79 Å². The first-order chi connectivity index (χ1) is 13.8. The number of carbonyl (C=O) groups excluding carboxylic acids is 1. The van der Waals surface area contributed by atoms with Crippen LogP contribution in [0.3, 0.4) is 0 Å². The molecule has 1 aliphatic carbocycles. The summed E-state index contributed by atoms with van der Waals surface area (Å²) in [6.07, 6.45) is 9.05. The summed E-state index contributed by atoms with van der Waals surface area (Å²) in [5.41, 5.74) is -0.468. The molecular formula is C22H38N2O5. The van der Waals surface area contributed by atoms with E-state index in [0.717, 1.165) is 38.0 Å². The molecule has 7 heteroatoms. The number of carbonyl (C=O) groups is 1. The highest BCUT2D eigenvalue weighted by Gasteiger charge is 2.26. The molecule has 0 aromatic carbocycles. The zero-order chi connectivity index (χ0) is 21.3. The van der Waals surface area contributed by atoms with Crippen LogP contribution in [0.5, 0.6) is 0 Å². The van der Waals surface area contributed by atoms with Gasteiger partial charge in [0, 0.05) is 39.4 Å². The van der Waals surface area contributed by atoms with Crippen molar-refractivity contribution in [2.75, 3.05) is 40.0 Å². The molecule has 2 aliphatic rings. The number of amides is 1. The summed E-state index contributed by atoms with van der Waals surface area (Å²) in [4.78, 5) is 13.9. The molecule has 1 amide bonds. The number of nitrogens with one attached hydrogen (secondary N) is 1. The maximum atomic E-state index is 12.1. The number of allylic oxidation sites excluding steroid dienone is 3. The number of rotatable bonds is 9. The lowest BCUT2D eigenvalue weighted by Gasteiger charge is -2.34. The van der Waals surface area contributed by atoms with E-state index in [9.17, 15) is 9.90 Å². The average molecular weight is 411 g/mol.